The first-order valence-corrected chi connectivity index (χ1v) is 7.88. The highest BCUT2D eigenvalue weighted by Gasteiger charge is 2.20. The molecule has 21 heavy (non-hydrogen) atoms. The summed E-state index contributed by atoms with van der Waals surface area (Å²) in [5.74, 6) is 2.29. The summed E-state index contributed by atoms with van der Waals surface area (Å²) < 4.78 is 13.2. The minimum atomic E-state index is -0.118. The quantitative estimate of drug-likeness (QED) is 0.807. The molecule has 114 valence electrons. The first-order chi connectivity index (χ1) is 10.2. The Kier molecular flexibility index (Phi) is 4.36. The van der Waals surface area contributed by atoms with Gasteiger partial charge in [-0.25, -0.2) is 4.98 Å². The zero-order valence-electron chi connectivity index (χ0n) is 12.5. The van der Waals surface area contributed by atoms with E-state index < -0.39 is 0 Å². The molecule has 1 aliphatic heterocycles. The van der Waals surface area contributed by atoms with Gasteiger partial charge in [-0.2, -0.15) is 0 Å². The number of ether oxygens (including phenoxy) is 2. The number of aromatic nitrogens is 2. The topological polar surface area (TPSA) is 36.3 Å². The Morgan fingerprint density at radius 3 is 3.05 bits per heavy atom. The van der Waals surface area contributed by atoms with Gasteiger partial charge in [0.05, 0.1) is 30.1 Å². The molecule has 3 rings (SSSR count). The third-order valence-corrected chi connectivity index (χ3v) is 4.23. The van der Waals surface area contributed by atoms with Crippen molar-refractivity contribution in [3.63, 3.8) is 0 Å². The van der Waals surface area contributed by atoms with Gasteiger partial charge in [0.15, 0.2) is 0 Å². The highest BCUT2D eigenvalue weighted by atomic mass is 35.5. The number of fused-ring (bicyclic) bond motifs is 1. The second kappa shape index (κ2) is 6.24. The maximum absolute atomic E-state index is 6.33. The van der Waals surface area contributed by atoms with Crippen LogP contribution in [0.1, 0.15) is 31.0 Å². The predicted molar refractivity (Wildman–Crippen MR) is 84.1 cm³/mol. The third kappa shape index (κ3) is 3.01. The van der Waals surface area contributed by atoms with E-state index in [4.69, 9.17) is 21.1 Å². The Bertz CT molecular complexity index is 618. The van der Waals surface area contributed by atoms with Crippen LogP contribution in [-0.2, 0) is 11.3 Å². The van der Waals surface area contributed by atoms with Crippen molar-refractivity contribution in [1.29, 1.82) is 0 Å². The minimum absolute atomic E-state index is 0.118. The molecule has 2 unspecified atom stereocenters. The molecule has 2 heterocycles. The standard InChI is InChI=1S/C16H21ClN2O2/c1-11(17)16-18-14-6-5-13(20-2)8-15(14)19(16)9-12-4-3-7-21-10-12/h5-6,8,11-12H,3-4,7,9-10H2,1-2H3. The van der Waals surface area contributed by atoms with Crippen molar-refractivity contribution in [3.05, 3.63) is 24.0 Å². The molecule has 0 amide bonds. The molecule has 0 saturated carbocycles. The summed E-state index contributed by atoms with van der Waals surface area (Å²) in [4.78, 5) is 4.69. The van der Waals surface area contributed by atoms with Gasteiger partial charge in [0, 0.05) is 25.1 Å². The lowest BCUT2D eigenvalue weighted by Gasteiger charge is -2.24. The van der Waals surface area contributed by atoms with E-state index in [0.717, 1.165) is 48.8 Å². The summed E-state index contributed by atoms with van der Waals surface area (Å²) in [6, 6.07) is 5.96. The second-order valence-electron chi connectivity index (χ2n) is 5.63. The fourth-order valence-corrected chi connectivity index (χ4v) is 3.12. The number of rotatable bonds is 4. The van der Waals surface area contributed by atoms with E-state index in [2.05, 4.69) is 9.55 Å². The average Bonchev–Trinajstić information content (AvgIpc) is 2.86. The van der Waals surface area contributed by atoms with Crippen LogP contribution in [0.15, 0.2) is 18.2 Å². The van der Waals surface area contributed by atoms with Crippen LogP contribution in [0.5, 0.6) is 5.75 Å². The molecular weight excluding hydrogens is 288 g/mol. The van der Waals surface area contributed by atoms with Crippen molar-refractivity contribution in [2.75, 3.05) is 20.3 Å². The number of hydrogen-bond donors (Lipinski definition) is 0. The number of methoxy groups -OCH3 is 1. The first kappa shape index (κ1) is 14.7. The fourth-order valence-electron chi connectivity index (χ4n) is 2.95. The van der Waals surface area contributed by atoms with Crippen LogP contribution in [0, 0.1) is 5.92 Å². The van der Waals surface area contributed by atoms with Crippen molar-refractivity contribution in [1.82, 2.24) is 9.55 Å². The van der Waals surface area contributed by atoms with E-state index in [0.29, 0.717) is 5.92 Å². The Morgan fingerprint density at radius 2 is 2.38 bits per heavy atom. The smallest absolute Gasteiger partial charge is 0.127 e. The Balaban J connectivity index is 2.01. The van der Waals surface area contributed by atoms with Gasteiger partial charge in [-0.05, 0) is 31.9 Å². The number of imidazole rings is 1. The van der Waals surface area contributed by atoms with Crippen LogP contribution in [-0.4, -0.2) is 29.9 Å². The minimum Gasteiger partial charge on any atom is -0.497 e. The van der Waals surface area contributed by atoms with Crippen LogP contribution in [0.4, 0.5) is 0 Å². The highest BCUT2D eigenvalue weighted by molar-refractivity contribution is 6.20. The molecular formula is C16H21ClN2O2. The van der Waals surface area contributed by atoms with Gasteiger partial charge in [0.1, 0.15) is 11.6 Å². The zero-order valence-corrected chi connectivity index (χ0v) is 13.3. The molecule has 2 aromatic rings. The van der Waals surface area contributed by atoms with Gasteiger partial charge in [-0.15, -0.1) is 11.6 Å². The summed E-state index contributed by atoms with van der Waals surface area (Å²) in [6.07, 6.45) is 2.33. The molecule has 4 nitrogen and oxygen atoms in total. The summed E-state index contributed by atoms with van der Waals surface area (Å²) in [6.45, 7) is 4.57. The normalized spacial score (nSPS) is 20.6. The van der Waals surface area contributed by atoms with Crippen LogP contribution >= 0.6 is 11.6 Å². The van der Waals surface area contributed by atoms with Crippen molar-refractivity contribution >= 4 is 22.6 Å². The molecule has 1 aromatic heterocycles. The number of nitrogens with zero attached hydrogens (tertiary/aromatic N) is 2. The Labute approximate surface area is 130 Å². The number of alkyl halides is 1. The lowest BCUT2D eigenvalue weighted by Crippen LogP contribution is -2.23. The van der Waals surface area contributed by atoms with E-state index in [1.54, 1.807) is 7.11 Å². The van der Waals surface area contributed by atoms with Crippen LogP contribution in [0.2, 0.25) is 0 Å². The maximum Gasteiger partial charge on any atom is 0.127 e. The van der Waals surface area contributed by atoms with Crippen LogP contribution < -0.4 is 4.74 Å². The molecule has 2 atom stereocenters. The second-order valence-corrected chi connectivity index (χ2v) is 6.29. The van der Waals surface area contributed by atoms with Crippen molar-refractivity contribution in [2.45, 2.75) is 31.7 Å². The van der Waals surface area contributed by atoms with Crippen LogP contribution in [0.3, 0.4) is 0 Å². The molecule has 0 bridgehead atoms. The van der Waals surface area contributed by atoms with Gasteiger partial charge in [0.2, 0.25) is 0 Å². The molecule has 1 aromatic carbocycles. The lowest BCUT2D eigenvalue weighted by molar-refractivity contribution is 0.0485. The van der Waals surface area contributed by atoms with Crippen molar-refractivity contribution in [2.24, 2.45) is 5.92 Å². The first-order valence-electron chi connectivity index (χ1n) is 7.45. The van der Waals surface area contributed by atoms with E-state index in [9.17, 15) is 0 Å². The van der Waals surface area contributed by atoms with E-state index in [1.165, 1.54) is 6.42 Å². The molecule has 0 radical (unpaired) electrons. The molecule has 1 saturated heterocycles. The SMILES string of the molecule is COc1ccc2nc(C(C)Cl)n(CC3CCCOC3)c2c1. The maximum atomic E-state index is 6.33. The molecule has 1 aliphatic rings. The molecule has 0 spiro atoms. The van der Waals surface area contributed by atoms with Gasteiger partial charge in [-0.3, -0.25) is 0 Å². The number of benzene rings is 1. The highest BCUT2D eigenvalue weighted by Crippen LogP contribution is 2.29. The monoisotopic (exact) mass is 308 g/mol. The summed E-state index contributed by atoms with van der Waals surface area (Å²) in [5.41, 5.74) is 2.05. The summed E-state index contributed by atoms with van der Waals surface area (Å²) in [7, 11) is 1.68. The zero-order chi connectivity index (χ0) is 14.8. The van der Waals surface area contributed by atoms with Crippen molar-refractivity contribution < 1.29 is 9.47 Å². The largest absolute Gasteiger partial charge is 0.497 e. The molecule has 0 N–H and O–H groups in total. The van der Waals surface area contributed by atoms with Gasteiger partial charge in [-0.1, -0.05) is 0 Å². The molecule has 1 fully saturated rings. The average molecular weight is 309 g/mol. The van der Waals surface area contributed by atoms with E-state index in [1.807, 2.05) is 25.1 Å². The van der Waals surface area contributed by atoms with Gasteiger partial charge >= 0.3 is 0 Å². The molecule has 0 aliphatic carbocycles. The van der Waals surface area contributed by atoms with Gasteiger partial charge in [0.25, 0.3) is 0 Å². The summed E-state index contributed by atoms with van der Waals surface area (Å²) in [5, 5.41) is -0.118. The van der Waals surface area contributed by atoms with E-state index >= 15 is 0 Å². The Morgan fingerprint density at radius 1 is 1.52 bits per heavy atom. The van der Waals surface area contributed by atoms with Crippen LogP contribution in [0.25, 0.3) is 11.0 Å². The number of halogens is 1. The Hall–Kier alpha value is -1.26. The number of hydrogen-bond acceptors (Lipinski definition) is 3. The lowest BCUT2D eigenvalue weighted by atomic mass is 10.0. The molecule has 5 heteroatoms. The fraction of sp³-hybridized carbons (Fsp3) is 0.562. The van der Waals surface area contributed by atoms with E-state index in [-0.39, 0.29) is 5.38 Å². The summed E-state index contributed by atoms with van der Waals surface area (Å²) >= 11 is 6.33. The van der Waals surface area contributed by atoms with Crippen molar-refractivity contribution in [3.8, 4) is 5.75 Å². The van der Waals surface area contributed by atoms with Gasteiger partial charge < -0.3 is 14.0 Å². The predicted octanol–water partition coefficient (Wildman–Crippen LogP) is 3.77. The third-order valence-electron chi connectivity index (χ3n) is 4.04.